The highest BCUT2D eigenvalue weighted by atomic mass is 35.5. The highest BCUT2D eigenvalue weighted by Crippen LogP contribution is 2.21. The SMILES string of the molecule is Cc1nc2ccc(NC(=O)C3CCNCC3)cc2o1.Cl. The van der Waals surface area contributed by atoms with Crippen molar-refractivity contribution >= 4 is 35.1 Å². The van der Waals surface area contributed by atoms with E-state index in [0.29, 0.717) is 11.5 Å². The summed E-state index contributed by atoms with van der Waals surface area (Å²) in [4.78, 5) is 16.4. The summed E-state index contributed by atoms with van der Waals surface area (Å²) in [6.45, 7) is 3.64. The Morgan fingerprint density at radius 3 is 2.90 bits per heavy atom. The average molecular weight is 296 g/mol. The number of fused-ring (bicyclic) bond motifs is 1. The summed E-state index contributed by atoms with van der Waals surface area (Å²) >= 11 is 0. The van der Waals surface area contributed by atoms with Crippen molar-refractivity contribution in [2.24, 2.45) is 5.92 Å². The molecular weight excluding hydrogens is 278 g/mol. The summed E-state index contributed by atoms with van der Waals surface area (Å²) < 4.78 is 5.46. The lowest BCUT2D eigenvalue weighted by Crippen LogP contribution is -2.34. The van der Waals surface area contributed by atoms with E-state index >= 15 is 0 Å². The highest BCUT2D eigenvalue weighted by molar-refractivity contribution is 5.94. The normalized spacial score (nSPS) is 15.8. The molecule has 1 aromatic carbocycles. The van der Waals surface area contributed by atoms with Gasteiger partial charge in [0.2, 0.25) is 5.91 Å². The molecule has 108 valence electrons. The van der Waals surface area contributed by atoms with Crippen LogP contribution in [-0.2, 0) is 4.79 Å². The summed E-state index contributed by atoms with van der Waals surface area (Å²) in [6.07, 6.45) is 1.80. The number of nitrogens with one attached hydrogen (secondary N) is 2. The third kappa shape index (κ3) is 3.11. The van der Waals surface area contributed by atoms with Gasteiger partial charge >= 0.3 is 0 Å². The van der Waals surface area contributed by atoms with Gasteiger partial charge in [-0.05, 0) is 38.1 Å². The van der Waals surface area contributed by atoms with Crippen LogP contribution in [0.25, 0.3) is 11.1 Å². The Balaban J connectivity index is 0.00000147. The molecule has 5 nitrogen and oxygen atoms in total. The van der Waals surface area contributed by atoms with Crippen LogP contribution in [0, 0.1) is 12.8 Å². The summed E-state index contributed by atoms with van der Waals surface area (Å²) in [5.41, 5.74) is 2.30. The predicted octanol–water partition coefficient (Wildman–Crippen LogP) is 2.50. The molecule has 2 aromatic rings. The lowest BCUT2D eigenvalue weighted by Gasteiger charge is -2.21. The molecule has 1 amide bonds. The largest absolute Gasteiger partial charge is 0.441 e. The van der Waals surface area contributed by atoms with E-state index in [4.69, 9.17) is 4.42 Å². The minimum Gasteiger partial charge on any atom is -0.441 e. The Kier molecular flexibility index (Phi) is 4.62. The number of benzene rings is 1. The number of rotatable bonds is 2. The molecule has 0 radical (unpaired) electrons. The van der Waals surface area contributed by atoms with Crippen molar-refractivity contribution < 1.29 is 9.21 Å². The van der Waals surface area contributed by atoms with Crippen LogP contribution < -0.4 is 10.6 Å². The molecule has 1 saturated heterocycles. The van der Waals surface area contributed by atoms with E-state index in [9.17, 15) is 4.79 Å². The van der Waals surface area contributed by atoms with Crippen molar-refractivity contribution in [3.05, 3.63) is 24.1 Å². The monoisotopic (exact) mass is 295 g/mol. The summed E-state index contributed by atoms with van der Waals surface area (Å²) in [6, 6.07) is 5.56. The lowest BCUT2D eigenvalue weighted by molar-refractivity contribution is -0.120. The molecule has 20 heavy (non-hydrogen) atoms. The first kappa shape index (κ1) is 14.8. The zero-order valence-corrected chi connectivity index (χ0v) is 12.1. The second-order valence-corrected chi connectivity index (χ2v) is 4.93. The second kappa shape index (κ2) is 6.24. The van der Waals surface area contributed by atoms with E-state index in [1.54, 1.807) is 0 Å². The Bertz CT molecular complexity index is 605. The number of aromatic nitrogens is 1. The van der Waals surface area contributed by atoms with Crippen molar-refractivity contribution in [2.75, 3.05) is 18.4 Å². The molecule has 3 rings (SSSR count). The first-order chi connectivity index (χ1) is 9.22. The van der Waals surface area contributed by atoms with E-state index in [1.165, 1.54) is 0 Å². The van der Waals surface area contributed by atoms with Crippen LogP contribution in [0.4, 0.5) is 5.69 Å². The van der Waals surface area contributed by atoms with Gasteiger partial charge in [-0.1, -0.05) is 0 Å². The maximum atomic E-state index is 12.1. The van der Waals surface area contributed by atoms with Crippen LogP contribution in [0.1, 0.15) is 18.7 Å². The van der Waals surface area contributed by atoms with Crippen molar-refractivity contribution in [2.45, 2.75) is 19.8 Å². The van der Waals surface area contributed by atoms with Gasteiger partial charge in [0.1, 0.15) is 5.52 Å². The number of aryl methyl sites for hydroxylation is 1. The summed E-state index contributed by atoms with van der Waals surface area (Å²) in [7, 11) is 0. The number of halogens is 1. The zero-order valence-electron chi connectivity index (χ0n) is 11.3. The number of hydrogen-bond acceptors (Lipinski definition) is 4. The van der Waals surface area contributed by atoms with Gasteiger partial charge in [-0.25, -0.2) is 4.98 Å². The van der Waals surface area contributed by atoms with Gasteiger partial charge in [0, 0.05) is 24.6 Å². The molecule has 6 heteroatoms. The third-order valence-electron chi connectivity index (χ3n) is 3.47. The first-order valence-corrected chi connectivity index (χ1v) is 6.61. The number of carbonyl (C=O) groups excluding carboxylic acids is 1. The quantitative estimate of drug-likeness (QED) is 0.893. The number of carbonyl (C=O) groups is 1. The minimum absolute atomic E-state index is 0. The van der Waals surface area contributed by atoms with Gasteiger partial charge < -0.3 is 15.1 Å². The van der Waals surface area contributed by atoms with Crippen molar-refractivity contribution in [1.82, 2.24) is 10.3 Å². The van der Waals surface area contributed by atoms with E-state index < -0.39 is 0 Å². The minimum atomic E-state index is 0. The molecule has 0 spiro atoms. The Hall–Kier alpha value is -1.59. The van der Waals surface area contributed by atoms with Gasteiger partial charge in [0.25, 0.3) is 0 Å². The van der Waals surface area contributed by atoms with Crippen LogP contribution >= 0.6 is 12.4 Å². The molecule has 1 aliphatic heterocycles. The fourth-order valence-corrected chi connectivity index (χ4v) is 2.45. The van der Waals surface area contributed by atoms with Crippen molar-refractivity contribution in [3.63, 3.8) is 0 Å². The topological polar surface area (TPSA) is 67.2 Å². The van der Waals surface area contributed by atoms with Crippen LogP contribution in [0.15, 0.2) is 22.6 Å². The maximum Gasteiger partial charge on any atom is 0.227 e. The van der Waals surface area contributed by atoms with E-state index in [2.05, 4.69) is 15.6 Å². The molecule has 1 fully saturated rings. The summed E-state index contributed by atoms with van der Waals surface area (Å²) in [5.74, 6) is 0.835. The Morgan fingerprint density at radius 2 is 2.15 bits per heavy atom. The molecule has 0 aliphatic carbocycles. The fourth-order valence-electron chi connectivity index (χ4n) is 2.45. The van der Waals surface area contributed by atoms with Crippen LogP contribution in [0.2, 0.25) is 0 Å². The number of anilines is 1. The molecule has 0 unspecified atom stereocenters. The number of piperidine rings is 1. The molecule has 1 aromatic heterocycles. The zero-order chi connectivity index (χ0) is 13.2. The smallest absolute Gasteiger partial charge is 0.227 e. The van der Waals surface area contributed by atoms with E-state index in [1.807, 2.05) is 25.1 Å². The average Bonchev–Trinajstić information content (AvgIpc) is 2.79. The molecule has 0 atom stereocenters. The molecule has 2 heterocycles. The molecule has 0 saturated carbocycles. The lowest BCUT2D eigenvalue weighted by atomic mass is 9.97. The van der Waals surface area contributed by atoms with Crippen LogP contribution in [-0.4, -0.2) is 24.0 Å². The van der Waals surface area contributed by atoms with Gasteiger partial charge in [-0.15, -0.1) is 12.4 Å². The highest BCUT2D eigenvalue weighted by Gasteiger charge is 2.20. The Morgan fingerprint density at radius 1 is 1.40 bits per heavy atom. The van der Waals surface area contributed by atoms with Gasteiger partial charge in [0.05, 0.1) is 0 Å². The maximum absolute atomic E-state index is 12.1. The van der Waals surface area contributed by atoms with E-state index in [0.717, 1.165) is 37.1 Å². The number of amides is 1. The molecule has 0 bridgehead atoms. The fraction of sp³-hybridized carbons (Fsp3) is 0.429. The van der Waals surface area contributed by atoms with E-state index in [-0.39, 0.29) is 24.2 Å². The number of nitrogens with zero attached hydrogens (tertiary/aromatic N) is 1. The van der Waals surface area contributed by atoms with Gasteiger partial charge in [-0.2, -0.15) is 0 Å². The molecular formula is C14H18ClN3O2. The Labute approximate surface area is 123 Å². The van der Waals surface area contributed by atoms with Gasteiger partial charge in [-0.3, -0.25) is 4.79 Å². The number of oxazole rings is 1. The molecule has 1 aliphatic rings. The standard InChI is InChI=1S/C14H17N3O2.ClH/c1-9-16-12-3-2-11(8-13(12)19-9)17-14(18)10-4-6-15-7-5-10;/h2-3,8,10,15H,4-7H2,1H3,(H,17,18);1H. The van der Waals surface area contributed by atoms with Crippen LogP contribution in [0.3, 0.4) is 0 Å². The predicted molar refractivity (Wildman–Crippen MR) is 80.2 cm³/mol. The third-order valence-corrected chi connectivity index (χ3v) is 3.47. The second-order valence-electron chi connectivity index (χ2n) is 4.93. The summed E-state index contributed by atoms with van der Waals surface area (Å²) in [5, 5.41) is 6.22. The first-order valence-electron chi connectivity index (χ1n) is 6.61. The molecule has 2 N–H and O–H groups in total. The van der Waals surface area contributed by atoms with Crippen molar-refractivity contribution in [1.29, 1.82) is 0 Å². The van der Waals surface area contributed by atoms with Crippen LogP contribution in [0.5, 0.6) is 0 Å². The van der Waals surface area contributed by atoms with Crippen molar-refractivity contribution in [3.8, 4) is 0 Å². The number of hydrogen-bond donors (Lipinski definition) is 2. The van der Waals surface area contributed by atoms with Gasteiger partial charge in [0.15, 0.2) is 11.5 Å².